The van der Waals surface area contributed by atoms with Crippen LogP contribution in [-0.4, -0.2) is 18.6 Å². The van der Waals surface area contributed by atoms with E-state index in [1.165, 1.54) is 0 Å². The third-order valence-corrected chi connectivity index (χ3v) is 3.02. The number of hydrogen-bond acceptors (Lipinski definition) is 2. The van der Waals surface area contributed by atoms with Gasteiger partial charge in [0.15, 0.2) is 6.61 Å². The largest absolute Gasteiger partial charge is 0.484 e. The average molecular weight is 276 g/mol. The highest BCUT2D eigenvalue weighted by atomic mass is 35.5. The Labute approximate surface area is 111 Å². The molecule has 1 rings (SSSR count). The van der Waals surface area contributed by atoms with Gasteiger partial charge in [-0.2, -0.15) is 0 Å². The van der Waals surface area contributed by atoms with E-state index in [4.69, 9.17) is 27.9 Å². The standard InChI is InChI=1S/C12H15Cl2NO2/c1-3-8(2)15-12(16)7-17-9-4-5-10(13)11(14)6-9/h4-6,8H,3,7H2,1-2H3,(H,15,16). The number of carbonyl (C=O) groups is 1. The zero-order chi connectivity index (χ0) is 12.8. The molecule has 3 nitrogen and oxygen atoms in total. The molecular formula is C12H15Cl2NO2. The Bertz CT molecular complexity index is 396. The molecule has 0 radical (unpaired) electrons. The van der Waals surface area contributed by atoms with Crippen molar-refractivity contribution in [3.05, 3.63) is 28.2 Å². The number of rotatable bonds is 5. The van der Waals surface area contributed by atoms with Crippen molar-refractivity contribution in [1.29, 1.82) is 0 Å². The Morgan fingerprint density at radius 3 is 2.71 bits per heavy atom. The van der Waals surface area contributed by atoms with Crippen LogP contribution < -0.4 is 10.1 Å². The highest BCUT2D eigenvalue weighted by Gasteiger charge is 2.07. The molecule has 0 saturated heterocycles. The first-order chi connectivity index (χ1) is 8.02. The Morgan fingerprint density at radius 1 is 1.41 bits per heavy atom. The molecule has 0 fully saturated rings. The van der Waals surface area contributed by atoms with Crippen LogP contribution in [0.15, 0.2) is 18.2 Å². The highest BCUT2D eigenvalue weighted by Crippen LogP contribution is 2.26. The number of ether oxygens (including phenoxy) is 1. The second kappa shape index (κ2) is 6.72. The first-order valence-electron chi connectivity index (χ1n) is 5.40. The maximum Gasteiger partial charge on any atom is 0.258 e. The van der Waals surface area contributed by atoms with Crippen LogP contribution in [0.4, 0.5) is 0 Å². The lowest BCUT2D eigenvalue weighted by Gasteiger charge is -2.12. The van der Waals surface area contributed by atoms with E-state index in [1.807, 2.05) is 13.8 Å². The van der Waals surface area contributed by atoms with Crippen molar-refractivity contribution in [2.75, 3.05) is 6.61 Å². The highest BCUT2D eigenvalue weighted by molar-refractivity contribution is 6.42. The summed E-state index contributed by atoms with van der Waals surface area (Å²) in [7, 11) is 0. The van der Waals surface area contributed by atoms with E-state index < -0.39 is 0 Å². The molecule has 0 heterocycles. The summed E-state index contributed by atoms with van der Waals surface area (Å²) in [5, 5.41) is 3.67. The molecule has 94 valence electrons. The SMILES string of the molecule is CCC(C)NC(=O)COc1ccc(Cl)c(Cl)c1. The number of benzene rings is 1. The third-order valence-electron chi connectivity index (χ3n) is 2.28. The van der Waals surface area contributed by atoms with E-state index in [-0.39, 0.29) is 18.6 Å². The zero-order valence-electron chi connectivity index (χ0n) is 9.80. The summed E-state index contributed by atoms with van der Waals surface area (Å²) in [5.41, 5.74) is 0. The molecule has 1 unspecified atom stereocenters. The van der Waals surface area contributed by atoms with Crippen molar-refractivity contribution < 1.29 is 9.53 Å². The molecule has 1 amide bonds. The third kappa shape index (κ3) is 4.84. The van der Waals surface area contributed by atoms with Gasteiger partial charge in [-0.3, -0.25) is 4.79 Å². The van der Waals surface area contributed by atoms with Crippen molar-refractivity contribution in [1.82, 2.24) is 5.32 Å². The van der Waals surface area contributed by atoms with Crippen molar-refractivity contribution in [2.24, 2.45) is 0 Å². The molecule has 0 spiro atoms. The van der Waals surface area contributed by atoms with Crippen molar-refractivity contribution in [3.63, 3.8) is 0 Å². The molecule has 5 heteroatoms. The fourth-order valence-electron chi connectivity index (χ4n) is 1.13. The fourth-order valence-corrected chi connectivity index (χ4v) is 1.42. The van der Waals surface area contributed by atoms with E-state index >= 15 is 0 Å². The summed E-state index contributed by atoms with van der Waals surface area (Å²) in [6.45, 7) is 3.92. The summed E-state index contributed by atoms with van der Waals surface area (Å²) in [6, 6.07) is 5.04. The first-order valence-corrected chi connectivity index (χ1v) is 6.15. The number of nitrogens with one attached hydrogen (secondary N) is 1. The lowest BCUT2D eigenvalue weighted by Crippen LogP contribution is -2.35. The summed E-state index contributed by atoms with van der Waals surface area (Å²) in [6.07, 6.45) is 0.887. The number of amides is 1. The van der Waals surface area contributed by atoms with Gasteiger partial charge >= 0.3 is 0 Å². The van der Waals surface area contributed by atoms with E-state index in [1.54, 1.807) is 18.2 Å². The topological polar surface area (TPSA) is 38.3 Å². The molecule has 0 bridgehead atoms. The van der Waals surface area contributed by atoms with Crippen LogP contribution in [0, 0.1) is 0 Å². The van der Waals surface area contributed by atoms with Gasteiger partial charge in [-0.15, -0.1) is 0 Å². The molecule has 0 aliphatic heterocycles. The van der Waals surface area contributed by atoms with Gasteiger partial charge in [0.25, 0.3) is 5.91 Å². The van der Waals surface area contributed by atoms with Crippen LogP contribution in [0.2, 0.25) is 10.0 Å². The maximum atomic E-state index is 11.4. The van der Waals surface area contributed by atoms with Crippen molar-refractivity contribution in [3.8, 4) is 5.75 Å². The second-order valence-corrected chi connectivity index (χ2v) is 4.56. The minimum Gasteiger partial charge on any atom is -0.484 e. The minimum atomic E-state index is -0.148. The average Bonchev–Trinajstić information content (AvgIpc) is 2.30. The number of halogens is 2. The molecular weight excluding hydrogens is 261 g/mol. The minimum absolute atomic E-state index is 0.0255. The molecule has 1 aromatic carbocycles. The van der Waals surface area contributed by atoms with Gasteiger partial charge in [0.1, 0.15) is 5.75 Å². The Morgan fingerprint density at radius 2 is 2.12 bits per heavy atom. The molecule has 1 atom stereocenters. The Balaban J connectivity index is 2.45. The van der Waals surface area contributed by atoms with Gasteiger partial charge in [-0.1, -0.05) is 30.1 Å². The normalized spacial score (nSPS) is 12.0. The smallest absolute Gasteiger partial charge is 0.258 e. The molecule has 0 aliphatic carbocycles. The van der Waals surface area contributed by atoms with E-state index in [2.05, 4.69) is 5.32 Å². The lowest BCUT2D eigenvalue weighted by molar-refractivity contribution is -0.123. The second-order valence-electron chi connectivity index (χ2n) is 3.74. The van der Waals surface area contributed by atoms with Gasteiger partial charge in [0.05, 0.1) is 10.0 Å². The van der Waals surface area contributed by atoms with E-state index in [9.17, 15) is 4.79 Å². The molecule has 17 heavy (non-hydrogen) atoms. The molecule has 1 N–H and O–H groups in total. The maximum absolute atomic E-state index is 11.4. The van der Waals surface area contributed by atoms with E-state index in [0.29, 0.717) is 15.8 Å². The van der Waals surface area contributed by atoms with Gasteiger partial charge in [-0.25, -0.2) is 0 Å². The monoisotopic (exact) mass is 275 g/mol. The number of hydrogen-bond donors (Lipinski definition) is 1. The van der Waals surface area contributed by atoms with Gasteiger partial charge in [-0.05, 0) is 25.5 Å². The summed E-state index contributed by atoms with van der Waals surface area (Å²) in [5.74, 6) is 0.379. The Hall–Kier alpha value is -0.930. The van der Waals surface area contributed by atoms with Crippen LogP contribution in [0.1, 0.15) is 20.3 Å². The summed E-state index contributed by atoms with van der Waals surface area (Å²) in [4.78, 5) is 11.4. The van der Waals surface area contributed by atoms with Gasteiger partial charge in [0.2, 0.25) is 0 Å². The van der Waals surface area contributed by atoms with Crippen LogP contribution in [0.25, 0.3) is 0 Å². The van der Waals surface area contributed by atoms with E-state index in [0.717, 1.165) is 6.42 Å². The van der Waals surface area contributed by atoms with Crippen LogP contribution in [0.5, 0.6) is 5.75 Å². The van der Waals surface area contributed by atoms with Crippen molar-refractivity contribution >= 4 is 29.1 Å². The quantitative estimate of drug-likeness (QED) is 0.896. The van der Waals surface area contributed by atoms with Crippen LogP contribution >= 0.6 is 23.2 Å². The van der Waals surface area contributed by atoms with Gasteiger partial charge in [0, 0.05) is 12.1 Å². The van der Waals surface area contributed by atoms with Crippen LogP contribution in [-0.2, 0) is 4.79 Å². The summed E-state index contributed by atoms with van der Waals surface area (Å²) < 4.78 is 5.29. The molecule has 1 aromatic rings. The zero-order valence-corrected chi connectivity index (χ0v) is 11.3. The predicted molar refractivity (Wildman–Crippen MR) is 69.9 cm³/mol. The van der Waals surface area contributed by atoms with Crippen LogP contribution in [0.3, 0.4) is 0 Å². The lowest BCUT2D eigenvalue weighted by atomic mass is 10.2. The molecule has 0 saturated carbocycles. The van der Waals surface area contributed by atoms with Gasteiger partial charge < -0.3 is 10.1 Å². The first kappa shape index (κ1) is 14.1. The Kier molecular flexibility index (Phi) is 5.59. The fraction of sp³-hybridized carbons (Fsp3) is 0.417. The predicted octanol–water partition coefficient (Wildman–Crippen LogP) is 3.29. The molecule has 0 aliphatic rings. The molecule has 0 aromatic heterocycles. The van der Waals surface area contributed by atoms with Crippen molar-refractivity contribution in [2.45, 2.75) is 26.3 Å². The number of carbonyl (C=O) groups excluding carboxylic acids is 1. The summed E-state index contributed by atoms with van der Waals surface area (Å²) >= 11 is 11.6.